The van der Waals surface area contributed by atoms with Crippen molar-refractivity contribution >= 4 is 89.5 Å². The predicted molar refractivity (Wildman–Crippen MR) is 575 cm³/mol. The van der Waals surface area contributed by atoms with Crippen LogP contribution in [0.1, 0.15) is 449 Å². The van der Waals surface area contributed by atoms with E-state index in [4.69, 9.17) is 71.1 Å². The minimum atomic E-state index is -0.833. The Balaban J connectivity index is 0.000000640. The quantitative estimate of drug-likeness (QED) is 0.0288. The topological polar surface area (TPSA) is 394 Å². The molecule has 3 saturated carbocycles. The van der Waals surface area contributed by atoms with Gasteiger partial charge in [0.15, 0.2) is 0 Å². The van der Waals surface area contributed by atoms with Crippen LogP contribution in [0.25, 0.3) is 0 Å². The maximum absolute atomic E-state index is 12.7. The van der Waals surface area contributed by atoms with Gasteiger partial charge in [-0.15, -0.1) is 0 Å². The van der Waals surface area contributed by atoms with Gasteiger partial charge in [0.25, 0.3) is 0 Å². The number of carbonyl (C=O) groups excluding carboxylic acids is 15. The Kier molecular flexibility index (Phi) is 75.4. The van der Waals surface area contributed by atoms with Crippen molar-refractivity contribution in [2.75, 3.05) is 99.1 Å². The van der Waals surface area contributed by atoms with E-state index in [1.807, 2.05) is 55.4 Å². The molecule has 0 atom stereocenters. The number of ether oxygens (including phenoxy) is 15. The molecule has 3 aliphatic rings. The molecular weight excluding hydrogens is 1920 g/mol. The maximum Gasteiger partial charge on any atom is 0.338 e. The number of hydrogen-bond acceptors (Lipinski definition) is 30. The van der Waals surface area contributed by atoms with Gasteiger partial charge in [0.2, 0.25) is 0 Å². The highest BCUT2D eigenvalue weighted by Crippen LogP contribution is 2.35. The first-order chi connectivity index (χ1) is 72.2. The third kappa shape index (κ3) is 62.6. The van der Waals surface area contributed by atoms with E-state index >= 15 is 0 Å². The Morgan fingerprint density at radius 1 is 0.200 bits per heavy atom. The van der Waals surface area contributed by atoms with E-state index in [1.165, 1.54) is 97.8 Å². The lowest BCUT2D eigenvalue weighted by Gasteiger charge is -2.33. The number of unbranched alkanes of at least 4 members (excludes halogenated alkanes) is 18. The highest BCUT2D eigenvalue weighted by atomic mass is 16.6. The van der Waals surface area contributed by atoms with Crippen LogP contribution < -0.4 is 0 Å². The SMILES string of the molecule is CCC(COC(=O)C1CCCCC1)(COC(=O)C1CCCCC1)COC(=O)C1CCCCC1.CCC(COC(C)=O)(COC(=O)c1ccccc1)COC(=O)c1ccccc1.CCC(COC(C)=O)(COC(C)=O)COC(=O)c1ccccc1.CCCCC(=O)OCC(CC)(COC(=O)CCCC)COC(=O)CCCC.CCCCCCCCC(=O)OCC(CC)(COC(=O)CCCCCCCC)COC(=O)CCCCCCCC. The Morgan fingerprint density at radius 2 is 0.367 bits per heavy atom. The summed E-state index contributed by atoms with van der Waals surface area (Å²) < 4.78 is 81.9. The predicted octanol–water partition coefficient (Wildman–Crippen LogP) is 25.6. The van der Waals surface area contributed by atoms with Crippen LogP contribution in [0.15, 0.2) is 91.0 Å². The van der Waals surface area contributed by atoms with Crippen LogP contribution in [0.3, 0.4) is 0 Å². The first-order valence-electron chi connectivity index (χ1n) is 56.7. The summed E-state index contributed by atoms with van der Waals surface area (Å²) in [5, 5.41) is 0. The Morgan fingerprint density at radius 3 is 0.553 bits per heavy atom. The summed E-state index contributed by atoms with van der Waals surface area (Å²) in [6, 6.07) is 25.7. The van der Waals surface area contributed by atoms with Gasteiger partial charge in [-0.25, -0.2) is 14.4 Å². The van der Waals surface area contributed by atoms with Crippen molar-refractivity contribution in [3.8, 4) is 0 Å². The van der Waals surface area contributed by atoms with Gasteiger partial charge >= 0.3 is 89.5 Å². The van der Waals surface area contributed by atoms with E-state index in [-0.39, 0.29) is 171 Å². The van der Waals surface area contributed by atoms with Gasteiger partial charge in [-0.05, 0) is 146 Å². The van der Waals surface area contributed by atoms with Crippen LogP contribution in [0.4, 0.5) is 0 Å². The minimum Gasteiger partial charge on any atom is -0.465 e. The molecule has 3 aromatic rings. The summed E-state index contributed by atoms with van der Waals surface area (Å²) in [6.07, 6.45) is 45.2. The summed E-state index contributed by atoms with van der Waals surface area (Å²) in [5.74, 6) is -4.94. The molecular formula is C120H190O30. The monoisotopic (exact) mass is 2110 g/mol. The van der Waals surface area contributed by atoms with Crippen molar-refractivity contribution in [1.82, 2.24) is 0 Å². The molecule has 0 unspecified atom stereocenters. The lowest BCUT2D eigenvalue weighted by atomic mass is 9.86. The van der Waals surface area contributed by atoms with Crippen LogP contribution in [0.2, 0.25) is 0 Å². The first kappa shape index (κ1) is 136. The molecule has 150 heavy (non-hydrogen) atoms. The van der Waals surface area contributed by atoms with Gasteiger partial charge in [-0.2, -0.15) is 0 Å². The average Bonchev–Trinajstić information content (AvgIpc) is 0.824. The van der Waals surface area contributed by atoms with E-state index in [0.29, 0.717) is 87.3 Å². The second-order valence-corrected chi connectivity index (χ2v) is 41.1. The fourth-order valence-corrected chi connectivity index (χ4v) is 16.5. The highest BCUT2D eigenvalue weighted by Gasteiger charge is 2.41. The van der Waals surface area contributed by atoms with Crippen molar-refractivity contribution in [3.05, 3.63) is 108 Å². The zero-order chi connectivity index (χ0) is 111. The van der Waals surface area contributed by atoms with E-state index in [2.05, 4.69) is 20.8 Å². The van der Waals surface area contributed by atoms with Crippen LogP contribution in [0, 0.1) is 44.8 Å². The Hall–Kier alpha value is -10.3. The van der Waals surface area contributed by atoms with Crippen LogP contribution in [0.5, 0.6) is 0 Å². The largest absolute Gasteiger partial charge is 0.465 e. The van der Waals surface area contributed by atoms with E-state index in [1.54, 1.807) is 91.0 Å². The van der Waals surface area contributed by atoms with Crippen molar-refractivity contribution in [3.63, 3.8) is 0 Å². The molecule has 3 aromatic carbocycles. The second-order valence-electron chi connectivity index (χ2n) is 41.1. The van der Waals surface area contributed by atoms with Crippen LogP contribution >= 0.6 is 0 Å². The lowest BCUT2D eigenvalue weighted by Crippen LogP contribution is -2.41. The van der Waals surface area contributed by atoms with Crippen molar-refractivity contribution < 1.29 is 143 Å². The fourth-order valence-electron chi connectivity index (χ4n) is 16.5. The van der Waals surface area contributed by atoms with Crippen molar-refractivity contribution in [2.45, 2.75) is 418 Å². The van der Waals surface area contributed by atoms with Crippen molar-refractivity contribution in [2.24, 2.45) is 44.8 Å². The normalized spacial score (nSPS) is 13.3. The molecule has 0 bridgehead atoms. The van der Waals surface area contributed by atoms with Gasteiger partial charge in [0.05, 0.1) is 61.5 Å². The third-order valence-electron chi connectivity index (χ3n) is 28.1. The Bertz CT molecular complexity index is 3910. The molecule has 0 spiro atoms. The zero-order valence-electron chi connectivity index (χ0n) is 94.1. The number of benzene rings is 3. The molecule has 850 valence electrons. The van der Waals surface area contributed by atoms with Crippen LogP contribution in [-0.2, 0) is 129 Å². The van der Waals surface area contributed by atoms with Gasteiger partial charge in [0, 0.05) is 59.3 Å². The van der Waals surface area contributed by atoms with E-state index < -0.39 is 62.9 Å². The molecule has 0 N–H and O–H groups in total. The molecule has 30 heteroatoms. The van der Waals surface area contributed by atoms with Gasteiger partial charge in [-0.3, -0.25) is 57.5 Å². The molecule has 0 amide bonds. The summed E-state index contributed by atoms with van der Waals surface area (Å²) in [5.41, 5.74) is -2.45. The molecule has 0 saturated heterocycles. The summed E-state index contributed by atoms with van der Waals surface area (Å²) in [6.45, 7) is 26.8. The molecule has 6 rings (SSSR count). The van der Waals surface area contributed by atoms with Gasteiger partial charge in [-0.1, -0.05) is 304 Å². The molecule has 0 heterocycles. The smallest absolute Gasteiger partial charge is 0.338 e. The molecule has 0 aliphatic heterocycles. The molecule has 0 radical (unpaired) electrons. The second kappa shape index (κ2) is 83.3. The Labute approximate surface area is 897 Å². The third-order valence-corrected chi connectivity index (χ3v) is 28.1. The standard InChI is InChI=1S/C33H62O6.C27H44O6.C22H24O6.C21H38O6.C17H22O6/c1-5-9-12-15-18-21-24-30(34)37-27-33(8-4,28-38-31(35)25-22-19-16-13-10-6-2)29-39-32(36)26-23-20-17-14-11-7-3;1-2-27(18-31-24(28)21-12-6-3-7-13-21,19-32-25(29)22-14-8-4-9-15-22)20-33-26(30)23-16-10-5-11-17-23;1-3-22(14-26-17(2)23,15-27-20(24)18-10-6-4-7-11-18)16-28-21(25)19-12-8-5-9-13-19;1-5-9-12-18(22)25-15-21(8-4,16-26-19(23)13-10-6-2)17-27-20(24)14-11-7-3;1-4-17(10-21-13(2)18,11-22-14(3)19)12-23-16(20)15-8-6-5-7-9-15/h5-29H2,1-4H3;21-23H,2-20H2,1H3;4-13H,3,14-16H2,1-2H3;5-17H2,1-4H3;5-9H,4,10-12H2,1-3H3. The van der Waals surface area contributed by atoms with E-state index in [0.717, 1.165) is 173 Å². The number of carbonyl (C=O) groups is 15. The van der Waals surface area contributed by atoms with Crippen LogP contribution in [-0.4, -0.2) is 189 Å². The zero-order valence-corrected chi connectivity index (χ0v) is 94.1. The maximum atomic E-state index is 12.7. The number of rotatable bonds is 71. The summed E-state index contributed by atoms with van der Waals surface area (Å²) in [7, 11) is 0. The first-order valence-corrected chi connectivity index (χ1v) is 56.7. The lowest BCUT2D eigenvalue weighted by molar-refractivity contribution is -0.170. The average molecular weight is 2110 g/mol. The molecule has 3 fully saturated rings. The molecule has 30 nitrogen and oxygen atoms in total. The number of esters is 15. The molecule has 3 aliphatic carbocycles. The summed E-state index contributed by atoms with van der Waals surface area (Å²) in [4.78, 5) is 181. The minimum absolute atomic E-state index is 0.00812. The van der Waals surface area contributed by atoms with E-state index in [9.17, 15) is 71.9 Å². The highest BCUT2D eigenvalue weighted by molar-refractivity contribution is 5.90. The van der Waals surface area contributed by atoms with Gasteiger partial charge < -0.3 is 71.1 Å². The fraction of sp³-hybridized carbons (Fsp3) is 0.725. The molecule has 0 aromatic heterocycles. The summed E-state index contributed by atoms with van der Waals surface area (Å²) >= 11 is 0. The number of hydrogen-bond donors (Lipinski definition) is 0. The van der Waals surface area contributed by atoms with Gasteiger partial charge in [0.1, 0.15) is 99.1 Å². The van der Waals surface area contributed by atoms with Crippen molar-refractivity contribution in [1.29, 1.82) is 0 Å².